The van der Waals surface area contributed by atoms with Gasteiger partial charge in [0.05, 0.1) is 11.0 Å². The number of benzene rings is 9. The molecule has 10 aromatic rings. The fourth-order valence-electron chi connectivity index (χ4n) is 9.42. The van der Waals surface area contributed by atoms with Gasteiger partial charge in [0.1, 0.15) is 5.54 Å². The molecule has 1 unspecified atom stereocenters. The highest BCUT2D eigenvalue weighted by molar-refractivity contribution is 6.09. The molecule has 1 aliphatic carbocycles. The van der Waals surface area contributed by atoms with Gasteiger partial charge in [0.2, 0.25) is 0 Å². The molecule has 2 heteroatoms. The summed E-state index contributed by atoms with van der Waals surface area (Å²) in [5, 5.41) is 5.00. The van der Waals surface area contributed by atoms with Crippen LogP contribution in [0.5, 0.6) is 0 Å². The molecule has 0 spiro atoms. The quantitative estimate of drug-likeness (QED) is 0.160. The third kappa shape index (κ3) is 4.96. The molecule has 0 aliphatic heterocycles. The van der Waals surface area contributed by atoms with Crippen LogP contribution in [0.25, 0.3) is 49.4 Å². The molecule has 0 bridgehead atoms. The van der Waals surface area contributed by atoms with Gasteiger partial charge in [0.25, 0.3) is 0 Å². The molecule has 0 saturated heterocycles. The lowest BCUT2D eigenvalue weighted by Crippen LogP contribution is -2.44. The van der Waals surface area contributed by atoms with Gasteiger partial charge in [-0.3, -0.25) is 0 Å². The largest absolute Gasteiger partial charge is 0.323 e. The Morgan fingerprint density at radius 3 is 1.86 bits per heavy atom. The highest BCUT2D eigenvalue weighted by atomic mass is 15.2. The van der Waals surface area contributed by atoms with Gasteiger partial charge < -0.3 is 9.47 Å². The van der Waals surface area contributed by atoms with E-state index in [-0.39, 0.29) is 0 Å². The third-order valence-electron chi connectivity index (χ3n) is 11.8. The summed E-state index contributed by atoms with van der Waals surface area (Å²) in [5.74, 6) is 0. The smallest absolute Gasteiger partial charge is 0.122 e. The molecule has 0 amide bonds. The lowest BCUT2D eigenvalue weighted by molar-refractivity contribution is 0.643. The first-order valence-electron chi connectivity index (χ1n) is 19.5. The summed E-state index contributed by atoms with van der Waals surface area (Å²) in [6, 6.07) is 80.4. The van der Waals surface area contributed by atoms with Crippen molar-refractivity contribution in [2.45, 2.75) is 12.0 Å². The second-order valence-corrected chi connectivity index (χ2v) is 14.9. The number of aromatic nitrogens is 1. The van der Waals surface area contributed by atoms with E-state index in [0.717, 1.165) is 17.8 Å². The van der Waals surface area contributed by atoms with Crippen LogP contribution in [0.4, 0.5) is 11.4 Å². The third-order valence-corrected chi connectivity index (χ3v) is 11.8. The van der Waals surface area contributed by atoms with Gasteiger partial charge in [0, 0.05) is 27.8 Å². The molecular weight excluding hydrogens is 677 g/mol. The Bertz CT molecular complexity index is 3050. The normalized spacial score (nSPS) is 14.6. The molecule has 2 nitrogen and oxygen atoms in total. The lowest BCUT2D eigenvalue weighted by Gasteiger charge is -2.45. The van der Waals surface area contributed by atoms with Crippen LogP contribution in [-0.4, -0.2) is 4.57 Å². The van der Waals surface area contributed by atoms with Crippen molar-refractivity contribution < 1.29 is 0 Å². The Morgan fingerprint density at radius 1 is 0.393 bits per heavy atom. The second kappa shape index (κ2) is 13.0. The molecule has 1 heterocycles. The minimum Gasteiger partial charge on any atom is -0.323 e. The topological polar surface area (TPSA) is 8.17 Å². The Labute approximate surface area is 327 Å². The summed E-state index contributed by atoms with van der Waals surface area (Å²) in [6.45, 7) is 0. The summed E-state index contributed by atoms with van der Waals surface area (Å²) < 4.78 is 2.41. The number of rotatable bonds is 7. The van der Waals surface area contributed by atoms with Gasteiger partial charge in [0.15, 0.2) is 0 Å². The summed E-state index contributed by atoms with van der Waals surface area (Å²) in [7, 11) is 0. The number of fused-ring (bicyclic) bond motifs is 7. The first-order valence-corrected chi connectivity index (χ1v) is 19.5. The fraction of sp³-hybridized carbons (Fsp3) is 0.0370. The van der Waals surface area contributed by atoms with Crippen LogP contribution in [0.15, 0.2) is 218 Å². The zero-order chi connectivity index (χ0) is 37.1. The van der Waals surface area contributed by atoms with Crippen LogP contribution in [0, 0.1) is 0 Å². The van der Waals surface area contributed by atoms with Gasteiger partial charge in [-0.25, -0.2) is 0 Å². The Hall–Kier alpha value is -7.16. The second-order valence-electron chi connectivity index (χ2n) is 14.9. The first-order chi connectivity index (χ1) is 27.8. The lowest BCUT2D eigenvalue weighted by atomic mass is 9.77. The predicted octanol–water partition coefficient (Wildman–Crippen LogP) is 13.6. The van der Waals surface area contributed by atoms with Crippen LogP contribution < -0.4 is 4.90 Å². The minimum absolute atomic E-state index is 0.656. The van der Waals surface area contributed by atoms with Gasteiger partial charge in [-0.05, 0) is 105 Å². The van der Waals surface area contributed by atoms with Crippen molar-refractivity contribution in [1.82, 2.24) is 4.57 Å². The van der Waals surface area contributed by atoms with Gasteiger partial charge in [-0.2, -0.15) is 0 Å². The van der Waals surface area contributed by atoms with Crippen molar-refractivity contribution in [1.29, 1.82) is 0 Å². The van der Waals surface area contributed by atoms with Crippen molar-refractivity contribution in [2.24, 2.45) is 0 Å². The van der Waals surface area contributed by atoms with Crippen molar-refractivity contribution in [3.8, 4) is 16.8 Å². The highest BCUT2D eigenvalue weighted by Gasteiger charge is 2.50. The fourth-order valence-corrected chi connectivity index (χ4v) is 9.42. The van der Waals surface area contributed by atoms with Crippen LogP contribution in [0.1, 0.15) is 27.8 Å². The average molecular weight is 715 g/mol. The summed E-state index contributed by atoms with van der Waals surface area (Å²) in [5.41, 5.74) is 14.2. The monoisotopic (exact) mass is 714 g/mol. The number of nitrogens with zero attached hydrogens (tertiary/aromatic N) is 2. The maximum absolute atomic E-state index is 2.59. The number of para-hydroxylation sites is 3. The van der Waals surface area contributed by atoms with Gasteiger partial charge >= 0.3 is 0 Å². The molecule has 0 N–H and O–H groups in total. The van der Waals surface area contributed by atoms with Crippen molar-refractivity contribution in [3.63, 3.8) is 0 Å². The molecular formula is C54H38N2. The standard InChI is InChI=1S/C54H38N2/c1-4-18-42(19-5-1)54(56(44-22-8-3-9-23-44)45-31-30-40-16-10-11-17-41(40)37-45)50-26-14-12-24-46(50)47-32-28-38(35-51(47)54)34-39-29-33-49-48-25-13-15-27-52(48)55(53(49)36-39)43-20-6-2-7-21-43/h1-33,35-37H,34H2. The van der Waals surface area contributed by atoms with E-state index in [1.54, 1.807) is 0 Å². The van der Waals surface area contributed by atoms with E-state index in [1.807, 2.05) is 0 Å². The molecule has 0 radical (unpaired) electrons. The zero-order valence-corrected chi connectivity index (χ0v) is 30.9. The number of hydrogen-bond donors (Lipinski definition) is 0. The zero-order valence-electron chi connectivity index (χ0n) is 30.9. The minimum atomic E-state index is -0.656. The van der Waals surface area contributed by atoms with Crippen LogP contribution in [-0.2, 0) is 12.0 Å². The van der Waals surface area contributed by atoms with E-state index in [4.69, 9.17) is 0 Å². The highest BCUT2D eigenvalue weighted by Crippen LogP contribution is 2.58. The maximum Gasteiger partial charge on any atom is 0.122 e. The predicted molar refractivity (Wildman–Crippen MR) is 234 cm³/mol. The summed E-state index contributed by atoms with van der Waals surface area (Å²) in [4.78, 5) is 2.59. The van der Waals surface area contributed by atoms with Crippen molar-refractivity contribution >= 4 is 44.0 Å². The molecule has 9 aromatic carbocycles. The summed E-state index contributed by atoms with van der Waals surface area (Å²) >= 11 is 0. The van der Waals surface area contributed by atoms with E-state index in [1.165, 1.54) is 77.2 Å². The van der Waals surface area contributed by atoms with E-state index in [0.29, 0.717) is 0 Å². The van der Waals surface area contributed by atoms with Gasteiger partial charge in [-0.1, -0.05) is 170 Å². The molecule has 0 saturated carbocycles. The van der Waals surface area contributed by atoms with E-state index >= 15 is 0 Å². The molecule has 56 heavy (non-hydrogen) atoms. The maximum atomic E-state index is 2.59. The first kappa shape index (κ1) is 32.3. The van der Waals surface area contributed by atoms with Gasteiger partial charge in [-0.15, -0.1) is 0 Å². The van der Waals surface area contributed by atoms with Crippen LogP contribution in [0.2, 0.25) is 0 Å². The van der Waals surface area contributed by atoms with Crippen LogP contribution in [0.3, 0.4) is 0 Å². The number of hydrogen-bond acceptors (Lipinski definition) is 1. The molecule has 1 aliphatic rings. The van der Waals surface area contributed by atoms with Crippen molar-refractivity contribution in [3.05, 3.63) is 246 Å². The van der Waals surface area contributed by atoms with E-state index < -0.39 is 5.54 Å². The Balaban J connectivity index is 1.14. The number of anilines is 2. The Kier molecular flexibility index (Phi) is 7.50. The van der Waals surface area contributed by atoms with E-state index in [9.17, 15) is 0 Å². The molecule has 11 rings (SSSR count). The molecule has 264 valence electrons. The molecule has 1 aromatic heterocycles. The average Bonchev–Trinajstić information content (AvgIpc) is 3.75. The van der Waals surface area contributed by atoms with E-state index in [2.05, 4.69) is 228 Å². The van der Waals surface area contributed by atoms with Crippen molar-refractivity contribution in [2.75, 3.05) is 4.90 Å². The molecule has 0 fully saturated rings. The molecule has 1 atom stereocenters. The SMILES string of the molecule is c1ccc(N(c2ccc3ccccc3c2)C2(c3ccccc3)c3ccccc3-c3ccc(Cc4ccc5c6ccccc6n(-c6ccccc6)c5c4)cc32)cc1. The Morgan fingerprint density at radius 2 is 1.02 bits per heavy atom. The summed E-state index contributed by atoms with van der Waals surface area (Å²) in [6.07, 6.45) is 0.808. The van der Waals surface area contributed by atoms with Crippen LogP contribution >= 0.6 is 0 Å².